The summed E-state index contributed by atoms with van der Waals surface area (Å²) in [7, 11) is 3.72. The van der Waals surface area contributed by atoms with Gasteiger partial charge in [0.25, 0.3) is 0 Å². The predicted molar refractivity (Wildman–Crippen MR) is 80.3 cm³/mol. The van der Waals surface area contributed by atoms with Crippen LogP contribution in [0.4, 0.5) is 0 Å². The third-order valence-electron chi connectivity index (χ3n) is 3.13. The van der Waals surface area contributed by atoms with E-state index in [1.165, 1.54) is 5.56 Å². The molecule has 4 heteroatoms. The topological polar surface area (TPSA) is 51.4 Å². The molecule has 1 heterocycles. The Morgan fingerprint density at radius 2 is 1.75 bits per heavy atom. The van der Waals surface area contributed by atoms with E-state index in [9.17, 15) is 0 Å². The van der Waals surface area contributed by atoms with E-state index in [0.717, 1.165) is 24.3 Å². The predicted octanol–water partition coefficient (Wildman–Crippen LogP) is 2.18. The number of ether oxygens (including phenoxy) is 1. The minimum Gasteiger partial charge on any atom is -0.481 e. The summed E-state index contributed by atoms with van der Waals surface area (Å²) in [6.07, 6.45) is 0. The highest BCUT2D eigenvalue weighted by Crippen LogP contribution is 2.11. The third-order valence-corrected chi connectivity index (χ3v) is 3.13. The molecule has 0 aliphatic heterocycles. The van der Waals surface area contributed by atoms with Crippen LogP contribution in [0.25, 0.3) is 0 Å². The maximum Gasteiger partial charge on any atom is 0.213 e. The molecule has 2 N–H and O–H groups in total. The number of nitrogens with zero attached hydrogens (tertiary/aromatic N) is 2. The standard InChI is InChI=1S/C16H21N3O/c1-19(11-14-8-6-13(10-17)7-9-14)12-15-4-3-5-16(18-15)20-2/h3-9H,10-12,17H2,1-2H3. The molecule has 0 spiro atoms. The van der Waals surface area contributed by atoms with Crippen molar-refractivity contribution in [1.82, 2.24) is 9.88 Å². The van der Waals surface area contributed by atoms with Crippen molar-refractivity contribution in [2.45, 2.75) is 19.6 Å². The maximum absolute atomic E-state index is 5.60. The van der Waals surface area contributed by atoms with E-state index in [-0.39, 0.29) is 0 Å². The van der Waals surface area contributed by atoms with Crippen molar-refractivity contribution in [3.63, 3.8) is 0 Å². The van der Waals surface area contributed by atoms with Gasteiger partial charge in [0.2, 0.25) is 5.88 Å². The monoisotopic (exact) mass is 271 g/mol. The van der Waals surface area contributed by atoms with E-state index < -0.39 is 0 Å². The summed E-state index contributed by atoms with van der Waals surface area (Å²) < 4.78 is 5.14. The van der Waals surface area contributed by atoms with Gasteiger partial charge in [-0.2, -0.15) is 0 Å². The van der Waals surface area contributed by atoms with Gasteiger partial charge >= 0.3 is 0 Å². The number of benzene rings is 1. The third kappa shape index (κ3) is 4.05. The van der Waals surface area contributed by atoms with Crippen molar-refractivity contribution < 1.29 is 4.74 Å². The second-order valence-corrected chi connectivity index (χ2v) is 4.86. The van der Waals surface area contributed by atoms with E-state index in [0.29, 0.717) is 12.4 Å². The van der Waals surface area contributed by atoms with Crippen LogP contribution >= 0.6 is 0 Å². The second kappa shape index (κ2) is 7.03. The SMILES string of the molecule is COc1cccc(CN(C)Cc2ccc(CN)cc2)n1. The van der Waals surface area contributed by atoms with E-state index in [1.807, 2.05) is 18.2 Å². The molecule has 2 rings (SSSR count). The molecule has 0 unspecified atom stereocenters. The van der Waals surface area contributed by atoms with Crippen molar-refractivity contribution in [3.8, 4) is 5.88 Å². The van der Waals surface area contributed by atoms with Crippen LogP contribution in [0.5, 0.6) is 5.88 Å². The zero-order chi connectivity index (χ0) is 14.4. The Kier molecular flexibility index (Phi) is 5.09. The maximum atomic E-state index is 5.60. The van der Waals surface area contributed by atoms with Crippen molar-refractivity contribution in [2.24, 2.45) is 5.73 Å². The molecule has 0 bridgehead atoms. The van der Waals surface area contributed by atoms with E-state index in [1.54, 1.807) is 7.11 Å². The Balaban J connectivity index is 1.95. The minimum absolute atomic E-state index is 0.587. The molecule has 0 fully saturated rings. The lowest BCUT2D eigenvalue weighted by Crippen LogP contribution is -2.18. The average molecular weight is 271 g/mol. The smallest absolute Gasteiger partial charge is 0.213 e. The highest BCUT2D eigenvalue weighted by molar-refractivity contribution is 5.22. The number of nitrogens with two attached hydrogens (primary N) is 1. The van der Waals surface area contributed by atoms with E-state index in [4.69, 9.17) is 10.5 Å². The molecule has 0 radical (unpaired) electrons. The van der Waals surface area contributed by atoms with Gasteiger partial charge in [-0.05, 0) is 24.2 Å². The van der Waals surface area contributed by atoms with Crippen LogP contribution in [-0.4, -0.2) is 24.0 Å². The van der Waals surface area contributed by atoms with E-state index in [2.05, 4.69) is 41.2 Å². The second-order valence-electron chi connectivity index (χ2n) is 4.86. The molecule has 0 aliphatic carbocycles. The molecule has 0 aliphatic rings. The number of rotatable bonds is 6. The first kappa shape index (κ1) is 14.5. The Labute approximate surface area is 120 Å². The largest absolute Gasteiger partial charge is 0.481 e. The lowest BCUT2D eigenvalue weighted by molar-refractivity contribution is 0.312. The summed E-state index contributed by atoms with van der Waals surface area (Å²) >= 11 is 0. The Bertz CT molecular complexity index is 540. The first-order chi connectivity index (χ1) is 9.71. The van der Waals surface area contributed by atoms with Crippen LogP contribution in [0, 0.1) is 0 Å². The lowest BCUT2D eigenvalue weighted by Gasteiger charge is -2.16. The van der Waals surface area contributed by atoms with Gasteiger partial charge in [-0.3, -0.25) is 4.90 Å². The van der Waals surface area contributed by atoms with Crippen molar-refractivity contribution >= 4 is 0 Å². The quantitative estimate of drug-likeness (QED) is 0.875. The number of pyridine rings is 1. The van der Waals surface area contributed by atoms with Crippen LogP contribution < -0.4 is 10.5 Å². The highest BCUT2D eigenvalue weighted by atomic mass is 16.5. The highest BCUT2D eigenvalue weighted by Gasteiger charge is 2.04. The summed E-state index contributed by atoms with van der Waals surface area (Å²) in [6, 6.07) is 14.2. The summed E-state index contributed by atoms with van der Waals surface area (Å²) in [6.45, 7) is 2.25. The summed E-state index contributed by atoms with van der Waals surface area (Å²) in [4.78, 5) is 6.64. The fourth-order valence-electron chi connectivity index (χ4n) is 2.08. The fraction of sp³-hybridized carbons (Fsp3) is 0.312. The van der Waals surface area contributed by atoms with Crippen LogP contribution in [0.2, 0.25) is 0 Å². The van der Waals surface area contributed by atoms with Gasteiger partial charge in [0, 0.05) is 25.7 Å². The zero-order valence-electron chi connectivity index (χ0n) is 12.0. The van der Waals surface area contributed by atoms with Crippen molar-refractivity contribution in [1.29, 1.82) is 0 Å². The van der Waals surface area contributed by atoms with Crippen LogP contribution in [0.1, 0.15) is 16.8 Å². The molecule has 4 nitrogen and oxygen atoms in total. The van der Waals surface area contributed by atoms with Crippen LogP contribution in [0.3, 0.4) is 0 Å². The first-order valence-corrected chi connectivity index (χ1v) is 6.67. The Hall–Kier alpha value is -1.91. The molecule has 2 aromatic rings. The number of aromatic nitrogens is 1. The molecule has 0 saturated heterocycles. The fourth-order valence-corrected chi connectivity index (χ4v) is 2.08. The van der Waals surface area contributed by atoms with Gasteiger partial charge in [0.15, 0.2) is 0 Å². The molecule has 20 heavy (non-hydrogen) atoms. The van der Waals surface area contributed by atoms with Crippen LogP contribution in [-0.2, 0) is 19.6 Å². The van der Waals surface area contributed by atoms with Gasteiger partial charge < -0.3 is 10.5 Å². The van der Waals surface area contributed by atoms with Gasteiger partial charge in [-0.1, -0.05) is 30.3 Å². The lowest BCUT2D eigenvalue weighted by atomic mass is 10.1. The number of hydrogen-bond donors (Lipinski definition) is 1. The number of hydrogen-bond acceptors (Lipinski definition) is 4. The zero-order valence-corrected chi connectivity index (χ0v) is 12.0. The normalized spacial score (nSPS) is 10.8. The summed E-state index contributed by atoms with van der Waals surface area (Å²) in [5.74, 6) is 0.656. The van der Waals surface area contributed by atoms with E-state index >= 15 is 0 Å². The van der Waals surface area contributed by atoms with Gasteiger partial charge in [-0.25, -0.2) is 4.98 Å². The van der Waals surface area contributed by atoms with Gasteiger partial charge in [-0.15, -0.1) is 0 Å². The Morgan fingerprint density at radius 3 is 2.40 bits per heavy atom. The molecule has 1 aromatic carbocycles. The molecule has 1 aromatic heterocycles. The van der Waals surface area contributed by atoms with Gasteiger partial charge in [0.1, 0.15) is 0 Å². The number of methoxy groups -OCH3 is 1. The summed E-state index contributed by atoms with van der Waals surface area (Å²) in [5.41, 5.74) is 9.03. The first-order valence-electron chi connectivity index (χ1n) is 6.67. The van der Waals surface area contributed by atoms with Crippen molar-refractivity contribution in [3.05, 3.63) is 59.3 Å². The van der Waals surface area contributed by atoms with Crippen LogP contribution in [0.15, 0.2) is 42.5 Å². The van der Waals surface area contributed by atoms with Crippen molar-refractivity contribution in [2.75, 3.05) is 14.2 Å². The molecule has 106 valence electrons. The molecule has 0 amide bonds. The molecule has 0 atom stereocenters. The summed E-state index contributed by atoms with van der Waals surface area (Å²) in [5, 5.41) is 0. The average Bonchev–Trinajstić information content (AvgIpc) is 2.48. The molecular formula is C16H21N3O. The minimum atomic E-state index is 0.587. The Morgan fingerprint density at radius 1 is 1.05 bits per heavy atom. The molecule has 0 saturated carbocycles. The van der Waals surface area contributed by atoms with Gasteiger partial charge in [0.05, 0.1) is 12.8 Å². The molecular weight excluding hydrogens is 250 g/mol.